The van der Waals surface area contributed by atoms with Crippen molar-refractivity contribution in [1.82, 2.24) is 0 Å². The van der Waals surface area contributed by atoms with E-state index in [9.17, 15) is 66.1 Å². The lowest BCUT2D eigenvalue weighted by Crippen LogP contribution is -2.68. The summed E-state index contributed by atoms with van der Waals surface area (Å²) in [7, 11) is 1.24. The van der Waals surface area contributed by atoms with Crippen molar-refractivity contribution in [3.63, 3.8) is 0 Å². The molecule has 12 N–H and O–H groups in total. The maximum absolute atomic E-state index is 13.8. The Morgan fingerprint density at radius 3 is 1.91 bits per heavy atom. The van der Waals surface area contributed by atoms with Gasteiger partial charge in [0.05, 0.1) is 44.1 Å². The van der Waals surface area contributed by atoms with Gasteiger partial charge in [-0.25, -0.2) is 0 Å². The molecule has 79 heavy (non-hydrogen) atoms. The number of allylic oxidation sites excluding steroid dienone is 2. The second-order valence-corrected chi connectivity index (χ2v) is 25.0. The zero-order chi connectivity index (χ0) is 57.2. The smallest absolute Gasteiger partial charge is 0.314 e. The molecule has 0 aromatic rings. The molecule has 25 heteroatoms. The lowest BCUT2D eigenvalue weighted by atomic mass is 9.40. The number of fused-ring (bicyclic) bond motifs is 5. The molecule has 4 aliphatic carbocycles. The molecule has 0 aromatic carbocycles. The fourth-order valence-corrected chi connectivity index (χ4v) is 16.2. The lowest BCUT2D eigenvalue weighted by molar-refractivity contribution is -0.405. The van der Waals surface area contributed by atoms with Crippen LogP contribution in [0.5, 0.6) is 0 Å². The summed E-state index contributed by atoms with van der Waals surface area (Å²) in [5.41, 5.74) is 0.565. The maximum atomic E-state index is 13.8. The molecule has 25 nitrogen and oxygen atoms in total. The van der Waals surface area contributed by atoms with Gasteiger partial charge >= 0.3 is 5.97 Å². The Balaban J connectivity index is 0.894. The first-order chi connectivity index (χ1) is 37.3. The van der Waals surface area contributed by atoms with E-state index in [0.717, 1.165) is 24.8 Å². The van der Waals surface area contributed by atoms with Gasteiger partial charge in [-0.15, -0.1) is 0 Å². The van der Waals surface area contributed by atoms with Crippen molar-refractivity contribution in [2.24, 2.45) is 39.4 Å². The highest BCUT2D eigenvalue weighted by atomic mass is 16.8. The number of aliphatic hydroxyl groups is 12. The molecule has 3 saturated carbocycles. The quantitative estimate of drug-likeness (QED) is 0.0614. The molecule has 6 saturated heterocycles. The van der Waals surface area contributed by atoms with Crippen molar-refractivity contribution in [1.29, 1.82) is 0 Å². The van der Waals surface area contributed by atoms with Gasteiger partial charge in [0.25, 0.3) is 0 Å². The van der Waals surface area contributed by atoms with Crippen molar-refractivity contribution in [2.75, 3.05) is 33.5 Å². The number of carbonyl (C=O) groups excluding carboxylic acids is 1. The van der Waals surface area contributed by atoms with Crippen molar-refractivity contribution < 1.29 is 123 Å². The SMILES string of the molecule is C=C(C)[C@H]1[C@H]2C[C@@]3(C)C4=CCC5C(C)(C)[C@@H](O[C@@H]6OC[C@@H](O)[C@H](O)[C@H]6O[C@@H]6O[C@H](C)[C@@H](O[C@@H]7O[C@H](CO)[C@@H](O)[C@H](O[C@@H]8OC[C@@H](O)[C@H](OC)[C@H]8O)[C@H]7O)[C@H](O)[C@H]6O[C@@H]6O[C@H](CO)[C@@H](O)[C@H](O)[C@H]6O)CC[C@]5(C)C4CC[C@]13C(=O)O2. The summed E-state index contributed by atoms with van der Waals surface area (Å²) in [5.74, 6) is 0.129. The van der Waals surface area contributed by atoms with Gasteiger partial charge in [-0.2, -0.15) is 0 Å². The number of ether oxygens (including phenoxy) is 12. The summed E-state index contributed by atoms with van der Waals surface area (Å²) in [6.45, 7) is 14.3. The standard InChI is InChI=1S/C54H84O25/c1-20(2)31-26-15-53(7)23-9-10-29-51(4,5)30(12-13-52(29,6)22(23)11-14-54(31,53)50(67)74-26)75-48-43(32(59)24(57)18-70-48)79-49-44(78-46-36(63)35(62)33(60)27(16-55)72-46)37(64)40(21(3)71-49)76-47-39(66)42(34(61)28(17-56)73-47)77-45-38(65)41(68-8)25(58)19-69-45/h9,21-22,24-49,55-66H,1,10-19H2,2-8H3/t21-,22?,24-,25-,26-,27-,28-,29?,30+,31+,32+,33-,34-,35+,36-,37+,38-,39-,40-,41+,42+,43-,44-,45+,46+,47+,48+,49+,52-,53+,54-/m1/s1. The number of aliphatic hydroxyl groups excluding tert-OH is 12. The summed E-state index contributed by atoms with van der Waals surface area (Å²) in [6, 6.07) is 0. The van der Waals surface area contributed by atoms with E-state index >= 15 is 0 Å². The van der Waals surface area contributed by atoms with Crippen LogP contribution < -0.4 is 0 Å². The Morgan fingerprint density at radius 1 is 0.646 bits per heavy atom. The van der Waals surface area contributed by atoms with Gasteiger partial charge in [0.1, 0.15) is 110 Å². The largest absolute Gasteiger partial charge is 0.461 e. The molecular formula is C54H84O25. The number of methoxy groups -OCH3 is 1. The van der Waals surface area contributed by atoms with E-state index in [1.807, 2.05) is 6.92 Å². The highest BCUT2D eigenvalue weighted by molar-refractivity contribution is 5.84. The van der Waals surface area contributed by atoms with E-state index in [1.54, 1.807) is 0 Å². The minimum atomic E-state index is -2.00. The van der Waals surface area contributed by atoms with E-state index in [2.05, 4.69) is 40.3 Å². The number of hydrogen-bond donors (Lipinski definition) is 12. The third kappa shape index (κ3) is 9.72. The number of rotatable bonds is 14. The third-order valence-corrected chi connectivity index (χ3v) is 20.3. The van der Waals surface area contributed by atoms with Crippen molar-refractivity contribution in [3.8, 4) is 0 Å². The predicted octanol–water partition coefficient (Wildman–Crippen LogP) is -2.88. The van der Waals surface area contributed by atoms with E-state index in [4.69, 9.17) is 56.8 Å². The van der Waals surface area contributed by atoms with E-state index in [0.29, 0.717) is 19.3 Å². The lowest BCUT2D eigenvalue weighted by Gasteiger charge is -2.64. The Morgan fingerprint density at radius 2 is 1.24 bits per heavy atom. The first-order valence-electron chi connectivity index (χ1n) is 27.9. The van der Waals surface area contributed by atoms with Gasteiger partial charge in [-0.05, 0) is 75.0 Å². The molecule has 2 unspecified atom stereocenters. The summed E-state index contributed by atoms with van der Waals surface area (Å²) in [5, 5.41) is 132. The van der Waals surface area contributed by atoms with Gasteiger partial charge in [0.15, 0.2) is 31.5 Å². The zero-order valence-corrected chi connectivity index (χ0v) is 45.7. The summed E-state index contributed by atoms with van der Waals surface area (Å²) < 4.78 is 72.2. The second kappa shape index (κ2) is 22.5. The fourth-order valence-electron chi connectivity index (χ4n) is 16.2. The van der Waals surface area contributed by atoms with E-state index in [1.165, 1.54) is 19.6 Å². The van der Waals surface area contributed by atoms with Crippen molar-refractivity contribution in [2.45, 2.75) is 234 Å². The number of carbonyl (C=O) groups is 1. The number of esters is 1. The Kier molecular flexibility index (Phi) is 17.1. The van der Waals surface area contributed by atoms with Crippen LogP contribution in [-0.2, 0) is 61.6 Å². The van der Waals surface area contributed by atoms with Crippen LogP contribution in [0.4, 0.5) is 0 Å². The molecule has 0 aromatic heterocycles. The Labute approximate surface area is 458 Å². The summed E-state index contributed by atoms with van der Waals surface area (Å²) >= 11 is 0. The van der Waals surface area contributed by atoms with Gasteiger partial charge in [-0.3, -0.25) is 4.79 Å². The average Bonchev–Trinajstić information content (AvgIpc) is 4.00. The van der Waals surface area contributed by atoms with Crippen LogP contribution in [0.2, 0.25) is 0 Å². The van der Waals surface area contributed by atoms with Crippen LogP contribution in [-0.4, -0.2) is 254 Å². The molecule has 0 radical (unpaired) electrons. The van der Waals surface area contributed by atoms with E-state index < -0.39 is 171 Å². The van der Waals surface area contributed by atoms with Gasteiger partial charge in [-0.1, -0.05) is 51.5 Å². The fraction of sp³-hybridized carbons (Fsp3) is 0.907. The zero-order valence-electron chi connectivity index (χ0n) is 45.7. The van der Waals surface area contributed by atoms with E-state index in [-0.39, 0.29) is 53.9 Å². The van der Waals surface area contributed by atoms with Crippen LogP contribution in [0.25, 0.3) is 0 Å². The molecule has 6 aliphatic heterocycles. The maximum Gasteiger partial charge on any atom is 0.314 e. The van der Waals surface area contributed by atoms with Crippen molar-refractivity contribution in [3.05, 3.63) is 23.8 Å². The van der Waals surface area contributed by atoms with Crippen LogP contribution >= 0.6 is 0 Å². The first-order valence-corrected chi connectivity index (χ1v) is 27.9. The molecule has 10 aliphatic rings. The molecule has 9 fully saturated rings. The minimum Gasteiger partial charge on any atom is -0.461 e. The predicted molar refractivity (Wildman–Crippen MR) is 264 cm³/mol. The molecule has 10 rings (SSSR count). The molecule has 31 atom stereocenters. The molecule has 2 bridgehead atoms. The topological polar surface area (TPSA) is 371 Å². The van der Waals surface area contributed by atoms with Crippen LogP contribution in [0.3, 0.4) is 0 Å². The number of hydrogen-bond acceptors (Lipinski definition) is 25. The van der Waals surface area contributed by atoms with Crippen LogP contribution in [0, 0.1) is 39.4 Å². The highest BCUT2D eigenvalue weighted by Crippen LogP contribution is 2.76. The molecule has 450 valence electrons. The van der Waals surface area contributed by atoms with Gasteiger partial charge < -0.3 is 118 Å². The van der Waals surface area contributed by atoms with Gasteiger partial charge in [0, 0.05) is 18.4 Å². The minimum absolute atomic E-state index is 0.0365. The van der Waals surface area contributed by atoms with Gasteiger partial charge in [0.2, 0.25) is 0 Å². The van der Waals surface area contributed by atoms with Crippen molar-refractivity contribution >= 4 is 5.97 Å². The Bertz CT molecular complexity index is 2220. The monoisotopic (exact) mass is 1130 g/mol. The molecule has 1 spiro atoms. The average molecular weight is 1130 g/mol. The molecular weight excluding hydrogens is 1050 g/mol. The first kappa shape index (κ1) is 60.2. The second-order valence-electron chi connectivity index (χ2n) is 25.0. The summed E-state index contributed by atoms with van der Waals surface area (Å²) in [4.78, 5) is 13.8. The summed E-state index contributed by atoms with van der Waals surface area (Å²) in [6.07, 6.45) is -32.1. The normalized spacial score (nSPS) is 54.3. The molecule has 6 heterocycles. The molecule has 0 amide bonds. The van der Waals surface area contributed by atoms with Crippen LogP contribution in [0.1, 0.15) is 80.1 Å². The highest BCUT2D eigenvalue weighted by Gasteiger charge is 2.76. The Hall–Kier alpha value is -1.97. The third-order valence-electron chi connectivity index (χ3n) is 20.3. The van der Waals surface area contributed by atoms with Crippen LogP contribution in [0.15, 0.2) is 23.8 Å².